The maximum atomic E-state index is 12.9. The van der Waals surface area contributed by atoms with E-state index in [-0.39, 0.29) is 5.91 Å². The van der Waals surface area contributed by atoms with E-state index in [2.05, 4.69) is 22.3 Å². The smallest absolute Gasteiger partial charge is 0.276 e. The number of benzene rings is 2. The lowest BCUT2D eigenvalue weighted by molar-refractivity contribution is 0.0422. The van der Waals surface area contributed by atoms with E-state index in [1.54, 1.807) is 6.20 Å². The molecule has 28 heavy (non-hydrogen) atoms. The van der Waals surface area contributed by atoms with Gasteiger partial charge in [-0.15, -0.1) is 5.10 Å². The van der Waals surface area contributed by atoms with Crippen LogP contribution in [0.15, 0.2) is 66.9 Å². The van der Waals surface area contributed by atoms with E-state index < -0.39 is 0 Å². The standard InChI is InChI=1S/C22H24N4O2/c27-22(21-14-23-26(24-21)20-11-5-2-6-12-20)25-13-7-10-19(15-25)17-28-16-18-8-3-1-4-9-18/h1-6,8-9,11-12,14,19H,7,10,13,15-17H2. The predicted octanol–water partition coefficient (Wildman–Crippen LogP) is 3.34. The highest BCUT2D eigenvalue weighted by Gasteiger charge is 2.26. The maximum absolute atomic E-state index is 12.9. The first kappa shape index (κ1) is 18.4. The van der Waals surface area contributed by atoms with E-state index >= 15 is 0 Å². The first-order valence-corrected chi connectivity index (χ1v) is 9.68. The highest BCUT2D eigenvalue weighted by molar-refractivity contribution is 5.92. The quantitative estimate of drug-likeness (QED) is 0.662. The second-order valence-corrected chi connectivity index (χ2v) is 7.11. The SMILES string of the molecule is O=C(c1cnn(-c2ccccc2)n1)N1CCCC(COCc2ccccc2)C1. The summed E-state index contributed by atoms with van der Waals surface area (Å²) in [5.41, 5.74) is 2.39. The zero-order valence-corrected chi connectivity index (χ0v) is 15.8. The molecule has 0 aliphatic carbocycles. The fraction of sp³-hybridized carbons (Fsp3) is 0.318. The predicted molar refractivity (Wildman–Crippen MR) is 106 cm³/mol. The van der Waals surface area contributed by atoms with Crippen molar-refractivity contribution >= 4 is 5.91 Å². The molecule has 1 amide bonds. The third kappa shape index (κ3) is 4.46. The molecule has 1 fully saturated rings. The maximum Gasteiger partial charge on any atom is 0.276 e. The number of likely N-dealkylation sites (tertiary alicyclic amines) is 1. The molecule has 0 N–H and O–H groups in total. The topological polar surface area (TPSA) is 60.2 Å². The summed E-state index contributed by atoms with van der Waals surface area (Å²) < 4.78 is 5.88. The molecular weight excluding hydrogens is 352 g/mol. The Bertz CT molecular complexity index is 895. The van der Waals surface area contributed by atoms with Gasteiger partial charge in [-0.2, -0.15) is 9.90 Å². The number of para-hydroxylation sites is 1. The molecule has 1 unspecified atom stereocenters. The number of hydrogen-bond donors (Lipinski definition) is 0. The molecule has 2 heterocycles. The van der Waals surface area contributed by atoms with Gasteiger partial charge in [0.2, 0.25) is 0 Å². The summed E-state index contributed by atoms with van der Waals surface area (Å²) in [5, 5.41) is 8.60. The Morgan fingerprint density at radius 1 is 1.07 bits per heavy atom. The lowest BCUT2D eigenvalue weighted by Crippen LogP contribution is -2.41. The van der Waals surface area contributed by atoms with Crippen molar-refractivity contribution in [3.05, 3.63) is 78.1 Å². The molecule has 1 aliphatic rings. The Kier molecular flexibility index (Phi) is 5.77. The number of piperidine rings is 1. The van der Waals surface area contributed by atoms with E-state index in [9.17, 15) is 4.79 Å². The van der Waals surface area contributed by atoms with Crippen LogP contribution in [0.25, 0.3) is 5.69 Å². The van der Waals surface area contributed by atoms with Gasteiger partial charge in [-0.25, -0.2) is 0 Å². The second-order valence-electron chi connectivity index (χ2n) is 7.11. The van der Waals surface area contributed by atoms with Crippen LogP contribution in [0.1, 0.15) is 28.9 Å². The minimum Gasteiger partial charge on any atom is -0.376 e. The molecule has 4 rings (SSSR count). The van der Waals surface area contributed by atoms with E-state index in [0.717, 1.165) is 25.1 Å². The van der Waals surface area contributed by atoms with E-state index in [4.69, 9.17) is 4.74 Å². The average Bonchev–Trinajstić information content (AvgIpc) is 3.25. The minimum atomic E-state index is -0.0602. The van der Waals surface area contributed by atoms with Crippen LogP contribution in [0.3, 0.4) is 0 Å². The van der Waals surface area contributed by atoms with Crippen LogP contribution < -0.4 is 0 Å². The third-order valence-electron chi connectivity index (χ3n) is 4.97. The molecule has 144 valence electrons. The zero-order valence-electron chi connectivity index (χ0n) is 15.8. The Morgan fingerprint density at radius 3 is 2.61 bits per heavy atom. The number of amides is 1. The van der Waals surface area contributed by atoms with Gasteiger partial charge < -0.3 is 9.64 Å². The Morgan fingerprint density at radius 2 is 1.82 bits per heavy atom. The Labute approximate surface area is 164 Å². The number of carbonyl (C=O) groups excluding carboxylic acids is 1. The fourth-order valence-electron chi connectivity index (χ4n) is 3.51. The van der Waals surface area contributed by atoms with Gasteiger partial charge >= 0.3 is 0 Å². The van der Waals surface area contributed by atoms with Gasteiger partial charge in [0.15, 0.2) is 5.69 Å². The van der Waals surface area contributed by atoms with Crippen molar-refractivity contribution in [2.45, 2.75) is 19.4 Å². The first-order valence-electron chi connectivity index (χ1n) is 9.68. The van der Waals surface area contributed by atoms with Crippen LogP contribution >= 0.6 is 0 Å². The molecular formula is C22H24N4O2. The summed E-state index contributed by atoms with van der Waals surface area (Å²) in [6, 6.07) is 19.8. The van der Waals surface area contributed by atoms with E-state index in [0.29, 0.717) is 31.4 Å². The first-order chi connectivity index (χ1) is 13.8. The van der Waals surface area contributed by atoms with Crippen LogP contribution in [0.4, 0.5) is 0 Å². The monoisotopic (exact) mass is 376 g/mol. The van der Waals surface area contributed by atoms with Crippen LogP contribution in [0.5, 0.6) is 0 Å². The third-order valence-corrected chi connectivity index (χ3v) is 4.97. The zero-order chi connectivity index (χ0) is 19.2. The van der Waals surface area contributed by atoms with Crippen molar-refractivity contribution in [2.75, 3.05) is 19.7 Å². The van der Waals surface area contributed by atoms with Crippen LogP contribution in [-0.2, 0) is 11.3 Å². The fourth-order valence-corrected chi connectivity index (χ4v) is 3.51. The van der Waals surface area contributed by atoms with Crippen molar-refractivity contribution in [3.63, 3.8) is 0 Å². The molecule has 0 saturated carbocycles. The summed E-state index contributed by atoms with van der Waals surface area (Å²) in [6.07, 6.45) is 3.61. The lowest BCUT2D eigenvalue weighted by Gasteiger charge is -2.32. The average molecular weight is 376 g/mol. The number of carbonyl (C=O) groups is 1. The molecule has 6 heteroatoms. The van der Waals surface area contributed by atoms with E-state index in [1.807, 2.05) is 53.4 Å². The van der Waals surface area contributed by atoms with Crippen molar-refractivity contribution in [1.82, 2.24) is 19.9 Å². The van der Waals surface area contributed by atoms with Gasteiger partial charge in [0.05, 0.1) is 25.1 Å². The molecule has 6 nitrogen and oxygen atoms in total. The van der Waals surface area contributed by atoms with Gasteiger partial charge in [-0.1, -0.05) is 48.5 Å². The summed E-state index contributed by atoms with van der Waals surface area (Å²) >= 11 is 0. The van der Waals surface area contributed by atoms with Crippen LogP contribution in [0.2, 0.25) is 0 Å². The molecule has 1 saturated heterocycles. The van der Waals surface area contributed by atoms with Gasteiger partial charge in [0.25, 0.3) is 5.91 Å². The summed E-state index contributed by atoms with van der Waals surface area (Å²) in [4.78, 5) is 16.2. The molecule has 0 radical (unpaired) electrons. The Balaban J connectivity index is 1.32. The molecule has 1 aliphatic heterocycles. The van der Waals surface area contributed by atoms with Crippen molar-refractivity contribution < 1.29 is 9.53 Å². The molecule has 0 spiro atoms. The number of aromatic nitrogens is 3. The minimum absolute atomic E-state index is 0.0602. The molecule has 1 aromatic heterocycles. The van der Waals surface area contributed by atoms with Gasteiger partial charge in [-0.05, 0) is 36.5 Å². The molecule has 0 bridgehead atoms. The van der Waals surface area contributed by atoms with Crippen molar-refractivity contribution in [3.8, 4) is 5.69 Å². The van der Waals surface area contributed by atoms with Crippen molar-refractivity contribution in [1.29, 1.82) is 0 Å². The molecule has 2 aromatic carbocycles. The number of ether oxygens (including phenoxy) is 1. The van der Waals surface area contributed by atoms with Crippen molar-refractivity contribution in [2.24, 2.45) is 5.92 Å². The number of nitrogens with zero attached hydrogens (tertiary/aromatic N) is 4. The normalized spacial score (nSPS) is 16.9. The number of hydrogen-bond acceptors (Lipinski definition) is 4. The van der Waals surface area contributed by atoms with E-state index in [1.165, 1.54) is 10.4 Å². The van der Waals surface area contributed by atoms with Gasteiger partial charge in [0.1, 0.15) is 0 Å². The lowest BCUT2D eigenvalue weighted by atomic mass is 9.98. The largest absolute Gasteiger partial charge is 0.376 e. The summed E-state index contributed by atoms with van der Waals surface area (Å²) in [7, 11) is 0. The molecule has 1 atom stereocenters. The summed E-state index contributed by atoms with van der Waals surface area (Å²) in [6.45, 7) is 2.73. The summed E-state index contributed by atoms with van der Waals surface area (Å²) in [5.74, 6) is 0.292. The highest BCUT2D eigenvalue weighted by atomic mass is 16.5. The molecule has 3 aromatic rings. The number of rotatable bonds is 6. The van der Waals surface area contributed by atoms with Crippen LogP contribution in [-0.4, -0.2) is 45.5 Å². The Hall–Kier alpha value is -2.99. The van der Waals surface area contributed by atoms with Gasteiger partial charge in [-0.3, -0.25) is 4.79 Å². The second kappa shape index (κ2) is 8.80. The van der Waals surface area contributed by atoms with Crippen LogP contribution in [0, 0.1) is 5.92 Å². The highest BCUT2D eigenvalue weighted by Crippen LogP contribution is 2.19. The van der Waals surface area contributed by atoms with Gasteiger partial charge in [0, 0.05) is 13.1 Å².